The number of esters is 1. The monoisotopic (exact) mass is 355 g/mol. The van der Waals surface area contributed by atoms with Gasteiger partial charge < -0.3 is 15.4 Å². The standard InChI is InChI=1S/C21H26N2O3/c1-14(2)18-7-5-6-15(3)20(18)23-19(24)13-22-12-16-8-10-17(11-9-16)21(25)26-4/h5-11,14,22H,12-13H2,1-4H3,(H,23,24)/p+1. The molecule has 5 heteroatoms. The lowest BCUT2D eigenvalue weighted by Crippen LogP contribution is -2.84. The van der Waals surface area contributed by atoms with Gasteiger partial charge in [0, 0.05) is 11.3 Å². The molecule has 2 aromatic rings. The van der Waals surface area contributed by atoms with E-state index in [1.54, 1.807) is 12.1 Å². The number of carbonyl (C=O) groups is 2. The number of anilines is 1. The Morgan fingerprint density at radius 2 is 1.81 bits per heavy atom. The number of para-hydroxylation sites is 1. The van der Waals surface area contributed by atoms with Crippen LogP contribution in [-0.2, 0) is 16.1 Å². The predicted octanol–water partition coefficient (Wildman–Crippen LogP) is 2.61. The fourth-order valence-corrected chi connectivity index (χ4v) is 2.80. The van der Waals surface area contributed by atoms with Crippen molar-refractivity contribution in [2.24, 2.45) is 0 Å². The van der Waals surface area contributed by atoms with Gasteiger partial charge in [0.25, 0.3) is 5.91 Å². The molecule has 0 aromatic heterocycles. The molecule has 1 amide bonds. The number of rotatable bonds is 7. The second kappa shape index (κ2) is 9.15. The molecule has 0 fully saturated rings. The van der Waals surface area contributed by atoms with Crippen LogP contribution in [0.5, 0.6) is 0 Å². The van der Waals surface area contributed by atoms with E-state index < -0.39 is 0 Å². The Balaban J connectivity index is 1.89. The minimum absolute atomic E-state index is 0.0209. The molecule has 138 valence electrons. The molecule has 2 rings (SSSR count). The Bertz CT molecular complexity index is 767. The van der Waals surface area contributed by atoms with Gasteiger partial charge in [0.15, 0.2) is 6.54 Å². The van der Waals surface area contributed by atoms with E-state index in [9.17, 15) is 9.59 Å². The lowest BCUT2D eigenvalue weighted by molar-refractivity contribution is -0.659. The lowest BCUT2D eigenvalue weighted by Gasteiger charge is -2.16. The van der Waals surface area contributed by atoms with Crippen LogP contribution in [0.4, 0.5) is 5.69 Å². The fraction of sp³-hybridized carbons (Fsp3) is 0.333. The first-order chi connectivity index (χ1) is 12.4. The first kappa shape index (κ1) is 19.7. The van der Waals surface area contributed by atoms with Gasteiger partial charge in [-0.3, -0.25) is 4.79 Å². The summed E-state index contributed by atoms with van der Waals surface area (Å²) in [6, 6.07) is 13.3. The van der Waals surface area contributed by atoms with Crippen LogP contribution in [-0.4, -0.2) is 25.5 Å². The number of quaternary nitrogens is 1. The van der Waals surface area contributed by atoms with Gasteiger partial charge in [-0.05, 0) is 36.1 Å². The van der Waals surface area contributed by atoms with Crippen LogP contribution in [0.3, 0.4) is 0 Å². The SMILES string of the molecule is COC(=O)c1ccc(C[NH2+]CC(=O)Nc2c(C)cccc2C(C)C)cc1. The molecule has 0 aliphatic heterocycles. The number of nitrogens with one attached hydrogen (secondary N) is 1. The Morgan fingerprint density at radius 1 is 1.12 bits per heavy atom. The van der Waals surface area contributed by atoms with E-state index in [1.165, 1.54) is 7.11 Å². The number of nitrogens with two attached hydrogens (primary N) is 1. The van der Waals surface area contributed by atoms with Crippen molar-refractivity contribution in [3.63, 3.8) is 0 Å². The number of methoxy groups -OCH3 is 1. The molecule has 0 aliphatic carbocycles. The molecule has 0 heterocycles. The molecule has 0 aliphatic rings. The number of aryl methyl sites for hydroxylation is 1. The second-order valence-electron chi connectivity index (χ2n) is 6.63. The van der Waals surface area contributed by atoms with Crippen LogP contribution in [0.15, 0.2) is 42.5 Å². The zero-order valence-corrected chi connectivity index (χ0v) is 15.8. The Hall–Kier alpha value is -2.66. The van der Waals surface area contributed by atoms with Gasteiger partial charge in [0.2, 0.25) is 0 Å². The summed E-state index contributed by atoms with van der Waals surface area (Å²) in [5.74, 6) is -0.0195. The Morgan fingerprint density at radius 3 is 2.42 bits per heavy atom. The van der Waals surface area contributed by atoms with Crippen molar-refractivity contribution in [3.05, 3.63) is 64.7 Å². The van der Waals surface area contributed by atoms with Crippen molar-refractivity contribution in [2.45, 2.75) is 33.2 Å². The normalized spacial score (nSPS) is 10.7. The summed E-state index contributed by atoms with van der Waals surface area (Å²) in [7, 11) is 1.36. The zero-order valence-electron chi connectivity index (χ0n) is 15.8. The molecule has 0 unspecified atom stereocenters. The average Bonchev–Trinajstić information content (AvgIpc) is 2.63. The van der Waals surface area contributed by atoms with E-state index in [4.69, 9.17) is 0 Å². The Kier molecular flexibility index (Phi) is 6.92. The summed E-state index contributed by atoms with van der Waals surface area (Å²) < 4.78 is 4.68. The first-order valence-corrected chi connectivity index (χ1v) is 8.80. The molecule has 0 radical (unpaired) electrons. The quantitative estimate of drug-likeness (QED) is 0.750. The maximum absolute atomic E-state index is 12.3. The van der Waals surface area contributed by atoms with Gasteiger partial charge in [0.1, 0.15) is 6.54 Å². The number of ether oxygens (including phenoxy) is 1. The Labute approximate surface area is 154 Å². The summed E-state index contributed by atoms with van der Waals surface area (Å²) in [4.78, 5) is 23.7. The van der Waals surface area contributed by atoms with Crippen LogP contribution in [0, 0.1) is 6.92 Å². The van der Waals surface area contributed by atoms with E-state index in [-0.39, 0.29) is 11.9 Å². The molecule has 0 saturated heterocycles. The molecule has 26 heavy (non-hydrogen) atoms. The van der Waals surface area contributed by atoms with E-state index in [1.807, 2.05) is 36.5 Å². The van der Waals surface area contributed by atoms with Crippen LogP contribution in [0.2, 0.25) is 0 Å². The van der Waals surface area contributed by atoms with E-state index in [0.717, 1.165) is 22.4 Å². The third kappa shape index (κ3) is 5.17. The van der Waals surface area contributed by atoms with Crippen molar-refractivity contribution in [2.75, 3.05) is 19.0 Å². The fourth-order valence-electron chi connectivity index (χ4n) is 2.80. The first-order valence-electron chi connectivity index (χ1n) is 8.80. The molecular weight excluding hydrogens is 328 g/mol. The minimum atomic E-state index is -0.348. The summed E-state index contributed by atoms with van der Waals surface area (Å²) in [5, 5.41) is 4.99. The summed E-state index contributed by atoms with van der Waals surface area (Å²) in [5.41, 5.74) is 4.71. The van der Waals surface area contributed by atoms with Gasteiger partial charge in [-0.1, -0.05) is 44.2 Å². The van der Waals surface area contributed by atoms with Gasteiger partial charge in [-0.15, -0.1) is 0 Å². The molecule has 5 nitrogen and oxygen atoms in total. The van der Waals surface area contributed by atoms with Crippen LogP contribution < -0.4 is 10.6 Å². The maximum atomic E-state index is 12.3. The number of carbonyl (C=O) groups excluding carboxylic acids is 2. The molecular formula is C21H27N2O3+. The highest BCUT2D eigenvalue weighted by Gasteiger charge is 2.13. The third-order valence-electron chi connectivity index (χ3n) is 4.28. The third-order valence-corrected chi connectivity index (χ3v) is 4.28. The number of hydrogen-bond acceptors (Lipinski definition) is 3. The van der Waals surface area contributed by atoms with Crippen molar-refractivity contribution in [1.29, 1.82) is 0 Å². The van der Waals surface area contributed by atoms with Crippen molar-refractivity contribution in [3.8, 4) is 0 Å². The molecule has 0 spiro atoms. The second-order valence-corrected chi connectivity index (χ2v) is 6.63. The minimum Gasteiger partial charge on any atom is -0.465 e. The summed E-state index contributed by atoms with van der Waals surface area (Å²) >= 11 is 0. The van der Waals surface area contributed by atoms with Crippen LogP contribution >= 0.6 is 0 Å². The molecule has 0 atom stereocenters. The molecule has 0 bridgehead atoms. The van der Waals surface area contributed by atoms with E-state index >= 15 is 0 Å². The maximum Gasteiger partial charge on any atom is 0.337 e. The van der Waals surface area contributed by atoms with Gasteiger partial charge in [-0.2, -0.15) is 0 Å². The smallest absolute Gasteiger partial charge is 0.337 e. The summed E-state index contributed by atoms with van der Waals surface area (Å²) in [6.07, 6.45) is 0. The highest BCUT2D eigenvalue weighted by molar-refractivity contribution is 5.93. The largest absolute Gasteiger partial charge is 0.465 e. The van der Waals surface area contributed by atoms with Gasteiger partial charge in [-0.25, -0.2) is 4.79 Å². The van der Waals surface area contributed by atoms with Crippen molar-refractivity contribution < 1.29 is 19.6 Å². The zero-order chi connectivity index (χ0) is 19.1. The molecule has 0 saturated carbocycles. The van der Waals surface area contributed by atoms with Crippen molar-refractivity contribution in [1.82, 2.24) is 0 Å². The highest BCUT2D eigenvalue weighted by Crippen LogP contribution is 2.27. The van der Waals surface area contributed by atoms with Crippen LogP contribution in [0.1, 0.15) is 46.8 Å². The number of hydrogen-bond donors (Lipinski definition) is 2. The van der Waals surface area contributed by atoms with Gasteiger partial charge >= 0.3 is 5.97 Å². The molecule has 2 aromatic carbocycles. The predicted molar refractivity (Wildman–Crippen MR) is 102 cm³/mol. The van der Waals surface area contributed by atoms with Crippen LogP contribution in [0.25, 0.3) is 0 Å². The number of benzene rings is 2. The number of amides is 1. The summed E-state index contributed by atoms with van der Waals surface area (Å²) in [6.45, 7) is 7.25. The van der Waals surface area contributed by atoms with E-state index in [2.05, 4.69) is 30.0 Å². The molecule has 3 N–H and O–H groups in total. The highest BCUT2D eigenvalue weighted by atomic mass is 16.5. The van der Waals surface area contributed by atoms with Gasteiger partial charge in [0.05, 0.1) is 12.7 Å². The van der Waals surface area contributed by atoms with Crippen molar-refractivity contribution >= 4 is 17.6 Å². The van der Waals surface area contributed by atoms with E-state index in [0.29, 0.717) is 24.6 Å². The topological polar surface area (TPSA) is 72.0 Å². The lowest BCUT2D eigenvalue weighted by atomic mass is 9.98. The average molecular weight is 355 g/mol.